The minimum Gasteiger partial charge on any atom is -0.481 e. The van der Waals surface area contributed by atoms with Crippen LogP contribution < -0.4 is 0 Å². The number of hydrogen-bond donors (Lipinski definition) is 2. The molecule has 8 nitrogen and oxygen atoms in total. The fourth-order valence-electron chi connectivity index (χ4n) is 1.69. The third kappa shape index (κ3) is 2.11. The number of amides is 2. The van der Waals surface area contributed by atoms with E-state index < -0.39 is 35.9 Å². The summed E-state index contributed by atoms with van der Waals surface area (Å²) in [5.41, 5.74) is -2.46. The fourth-order valence-corrected chi connectivity index (χ4v) is 1.69. The normalized spacial score (nSPS) is 19.2. The molecule has 0 bridgehead atoms. The predicted octanol–water partition coefficient (Wildman–Crippen LogP) is -0.963. The summed E-state index contributed by atoms with van der Waals surface area (Å²) in [5.74, 6) is -4.67. The maximum atomic E-state index is 11.4. The van der Waals surface area contributed by atoms with Gasteiger partial charge in [0.1, 0.15) is 6.42 Å². The highest BCUT2D eigenvalue weighted by Crippen LogP contribution is 2.28. The van der Waals surface area contributed by atoms with Gasteiger partial charge in [0.05, 0.1) is 0 Å². The zero-order valence-corrected chi connectivity index (χ0v) is 9.00. The minimum absolute atomic E-state index is 0.142. The number of methoxy groups -OCH3 is 1. The lowest BCUT2D eigenvalue weighted by molar-refractivity contribution is -0.199. The van der Waals surface area contributed by atoms with Gasteiger partial charge in [0.2, 0.25) is 11.8 Å². The second-order valence-electron chi connectivity index (χ2n) is 3.49. The second-order valence-corrected chi connectivity index (χ2v) is 3.49. The Bertz CT molecular complexity index is 375. The standard InChI is InChI=1S/C9H11NO7/c1-17-9(8(15)16,4-7(13)14)10-5(11)2-3-6(10)12/h2-4H2,1H3,(H,13,14)(H,15,16). The van der Waals surface area contributed by atoms with Crippen LogP contribution in [-0.2, 0) is 23.9 Å². The van der Waals surface area contributed by atoms with Gasteiger partial charge in [0.15, 0.2) is 0 Å². The van der Waals surface area contributed by atoms with Gasteiger partial charge in [-0.15, -0.1) is 0 Å². The molecule has 2 amide bonds. The predicted molar refractivity (Wildman–Crippen MR) is 50.7 cm³/mol. The Hall–Kier alpha value is -1.96. The Morgan fingerprint density at radius 3 is 2.06 bits per heavy atom. The number of hydrogen-bond acceptors (Lipinski definition) is 5. The topological polar surface area (TPSA) is 121 Å². The first-order valence-corrected chi connectivity index (χ1v) is 4.71. The Labute approximate surface area is 95.8 Å². The SMILES string of the molecule is COC(CC(=O)O)(C(=O)O)N1C(=O)CCC1=O. The van der Waals surface area contributed by atoms with E-state index in [4.69, 9.17) is 10.2 Å². The lowest BCUT2D eigenvalue weighted by Crippen LogP contribution is -2.59. The van der Waals surface area contributed by atoms with Crippen molar-refractivity contribution in [3.05, 3.63) is 0 Å². The number of likely N-dealkylation sites (tertiary alicyclic amines) is 1. The van der Waals surface area contributed by atoms with Crippen molar-refractivity contribution in [1.29, 1.82) is 0 Å². The average molecular weight is 245 g/mol. The maximum Gasteiger partial charge on any atom is 0.358 e. The smallest absolute Gasteiger partial charge is 0.358 e. The summed E-state index contributed by atoms with van der Waals surface area (Å²) < 4.78 is 4.64. The molecule has 17 heavy (non-hydrogen) atoms. The first kappa shape index (κ1) is 13.1. The number of nitrogens with zero attached hydrogens (tertiary/aromatic N) is 1. The third-order valence-electron chi connectivity index (χ3n) is 2.48. The molecule has 2 N–H and O–H groups in total. The van der Waals surface area contributed by atoms with E-state index in [9.17, 15) is 19.2 Å². The number of rotatable bonds is 5. The van der Waals surface area contributed by atoms with Crippen LogP contribution >= 0.6 is 0 Å². The van der Waals surface area contributed by atoms with Crippen molar-refractivity contribution in [3.8, 4) is 0 Å². The van der Waals surface area contributed by atoms with Crippen LogP contribution in [0.1, 0.15) is 19.3 Å². The van der Waals surface area contributed by atoms with E-state index in [2.05, 4.69) is 4.74 Å². The quantitative estimate of drug-likeness (QED) is 0.598. The van der Waals surface area contributed by atoms with Crippen LogP contribution in [0.4, 0.5) is 0 Å². The van der Waals surface area contributed by atoms with Gasteiger partial charge < -0.3 is 14.9 Å². The van der Waals surface area contributed by atoms with Crippen LogP contribution in [0.5, 0.6) is 0 Å². The van der Waals surface area contributed by atoms with Crippen molar-refractivity contribution in [2.45, 2.75) is 25.0 Å². The maximum absolute atomic E-state index is 11.4. The van der Waals surface area contributed by atoms with Gasteiger partial charge in [0.25, 0.3) is 5.72 Å². The molecule has 1 aliphatic heterocycles. The first-order valence-electron chi connectivity index (χ1n) is 4.71. The molecule has 94 valence electrons. The molecular weight excluding hydrogens is 234 g/mol. The zero-order chi connectivity index (χ0) is 13.2. The Kier molecular flexibility index (Phi) is 3.47. The van der Waals surface area contributed by atoms with E-state index in [1.54, 1.807) is 0 Å². The first-order chi connectivity index (χ1) is 7.85. The summed E-state index contributed by atoms with van der Waals surface area (Å²) in [7, 11) is 0.940. The molecule has 0 aromatic heterocycles. The van der Waals surface area contributed by atoms with Crippen LogP contribution in [0, 0.1) is 0 Å². The van der Waals surface area contributed by atoms with E-state index in [0.717, 1.165) is 7.11 Å². The van der Waals surface area contributed by atoms with Crippen LogP contribution in [0.3, 0.4) is 0 Å². The van der Waals surface area contributed by atoms with Crippen molar-refractivity contribution in [2.75, 3.05) is 7.11 Å². The largest absolute Gasteiger partial charge is 0.481 e. The third-order valence-corrected chi connectivity index (χ3v) is 2.48. The molecule has 1 rings (SSSR count). The molecule has 0 aromatic carbocycles. The highest BCUT2D eigenvalue weighted by atomic mass is 16.5. The molecule has 1 unspecified atom stereocenters. The number of imide groups is 1. The number of carbonyl (C=O) groups is 4. The van der Waals surface area contributed by atoms with E-state index in [0.29, 0.717) is 4.90 Å². The van der Waals surface area contributed by atoms with Gasteiger partial charge in [-0.25, -0.2) is 9.69 Å². The number of carboxylic acid groups (broad SMARTS) is 2. The van der Waals surface area contributed by atoms with Crippen LogP contribution in [0.2, 0.25) is 0 Å². The van der Waals surface area contributed by atoms with Gasteiger partial charge in [-0.05, 0) is 0 Å². The zero-order valence-electron chi connectivity index (χ0n) is 9.00. The Morgan fingerprint density at radius 2 is 1.76 bits per heavy atom. The Balaban J connectivity index is 3.21. The molecule has 0 aromatic rings. The molecule has 1 fully saturated rings. The highest BCUT2D eigenvalue weighted by molar-refractivity contribution is 6.06. The summed E-state index contributed by atoms with van der Waals surface area (Å²) in [6.45, 7) is 0. The van der Waals surface area contributed by atoms with Crippen molar-refractivity contribution < 1.29 is 34.1 Å². The van der Waals surface area contributed by atoms with Crippen molar-refractivity contribution >= 4 is 23.8 Å². The van der Waals surface area contributed by atoms with Crippen LogP contribution in [0.25, 0.3) is 0 Å². The molecule has 0 spiro atoms. The van der Waals surface area contributed by atoms with Crippen molar-refractivity contribution in [1.82, 2.24) is 4.90 Å². The number of carbonyl (C=O) groups excluding carboxylic acids is 2. The van der Waals surface area contributed by atoms with Crippen molar-refractivity contribution in [3.63, 3.8) is 0 Å². The van der Waals surface area contributed by atoms with Crippen molar-refractivity contribution in [2.24, 2.45) is 0 Å². The molecule has 0 aliphatic carbocycles. The molecule has 1 saturated heterocycles. The van der Waals surface area contributed by atoms with E-state index in [1.807, 2.05) is 0 Å². The van der Waals surface area contributed by atoms with Crippen LogP contribution in [0.15, 0.2) is 0 Å². The molecule has 1 aliphatic rings. The highest BCUT2D eigenvalue weighted by Gasteiger charge is 2.54. The van der Waals surface area contributed by atoms with Crippen LogP contribution in [-0.4, -0.2) is 51.7 Å². The monoisotopic (exact) mass is 245 g/mol. The lowest BCUT2D eigenvalue weighted by atomic mass is 10.1. The van der Waals surface area contributed by atoms with E-state index in [1.165, 1.54) is 0 Å². The molecule has 1 heterocycles. The molecule has 1 atom stereocenters. The molecule has 8 heteroatoms. The van der Waals surface area contributed by atoms with E-state index in [-0.39, 0.29) is 12.8 Å². The Morgan fingerprint density at radius 1 is 1.29 bits per heavy atom. The summed E-state index contributed by atoms with van der Waals surface area (Å²) >= 11 is 0. The fraction of sp³-hybridized carbons (Fsp3) is 0.556. The summed E-state index contributed by atoms with van der Waals surface area (Å²) in [6.07, 6.45) is -1.29. The summed E-state index contributed by atoms with van der Waals surface area (Å²) in [4.78, 5) is 45.1. The van der Waals surface area contributed by atoms with Gasteiger partial charge in [-0.1, -0.05) is 0 Å². The van der Waals surface area contributed by atoms with Gasteiger partial charge in [0, 0.05) is 20.0 Å². The number of carboxylic acids is 2. The van der Waals surface area contributed by atoms with E-state index >= 15 is 0 Å². The minimum atomic E-state index is -2.46. The van der Waals surface area contributed by atoms with Gasteiger partial charge in [-0.2, -0.15) is 0 Å². The summed E-state index contributed by atoms with van der Waals surface area (Å²) in [5, 5.41) is 17.7. The van der Waals surface area contributed by atoms with Gasteiger partial charge in [-0.3, -0.25) is 14.4 Å². The number of aliphatic carboxylic acids is 2. The number of ether oxygens (including phenoxy) is 1. The molecule has 0 saturated carbocycles. The average Bonchev–Trinajstić information content (AvgIpc) is 2.55. The molecular formula is C9H11NO7. The second kappa shape index (κ2) is 4.50. The lowest BCUT2D eigenvalue weighted by Gasteiger charge is -2.33. The molecule has 0 radical (unpaired) electrons. The summed E-state index contributed by atoms with van der Waals surface area (Å²) in [6, 6.07) is 0. The van der Waals surface area contributed by atoms with Gasteiger partial charge >= 0.3 is 11.9 Å².